The van der Waals surface area contributed by atoms with Crippen molar-refractivity contribution in [3.05, 3.63) is 65.0 Å². The summed E-state index contributed by atoms with van der Waals surface area (Å²) < 4.78 is 4.08. The van der Waals surface area contributed by atoms with Crippen LogP contribution in [0.25, 0.3) is 23.2 Å². The van der Waals surface area contributed by atoms with Crippen LogP contribution in [0.2, 0.25) is 0 Å². The highest BCUT2D eigenvalue weighted by atomic mass is 16.2. The zero-order chi connectivity index (χ0) is 21.2. The number of rotatable bonds is 5. The zero-order valence-electron chi connectivity index (χ0n) is 18.1. The van der Waals surface area contributed by atoms with Crippen LogP contribution >= 0.6 is 0 Å². The Labute approximate surface area is 177 Å². The van der Waals surface area contributed by atoms with Crippen molar-refractivity contribution >= 4 is 12.0 Å². The van der Waals surface area contributed by atoms with E-state index in [0.29, 0.717) is 18.5 Å². The number of hydrogen-bond donors (Lipinski definition) is 0. The fourth-order valence-electron chi connectivity index (χ4n) is 4.84. The van der Waals surface area contributed by atoms with Crippen molar-refractivity contribution < 1.29 is 4.79 Å². The van der Waals surface area contributed by atoms with Crippen molar-refractivity contribution in [3.63, 3.8) is 0 Å². The van der Waals surface area contributed by atoms with Crippen LogP contribution in [-0.2, 0) is 13.6 Å². The lowest BCUT2D eigenvalue weighted by Gasteiger charge is -2.24. The van der Waals surface area contributed by atoms with E-state index >= 15 is 0 Å². The summed E-state index contributed by atoms with van der Waals surface area (Å²) in [5.74, 6) is 1.71. The van der Waals surface area contributed by atoms with Gasteiger partial charge in [-0.3, -0.25) is 9.48 Å². The van der Waals surface area contributed by atoms with Crippen LogP contribution in [0.1, 0.15) is 52.6 Å². The summed E-state index contributed by atoms with van der Waals surface area (Å²) in [5, 5.41) is 4.77. The number of aryl methyl sites for hydroxylation is 3. The average Bonchev–Trinajstić information content (AvgIpc) is 3.33. The van der Waals surface area contributed by atoms with E-state index in [4.69, 9.17) is 5.10 Å². The van der Waals surface area contributed by atoms with Crippen LogP contribution in [0.4, 0.5) is 0 Å². The Morgan fingerprint density at radius 3 is 2.50 bits per heavy atom. The molecule has 1 aromatic carbocycles. The lowest BCUT2D eigenvalue weighted by molar-refractivity contribution is 0.0697. The van der Waals surface area contributed by atoms with Crippen molar-refractivity contribution in [1.29, 1.82) is 0 Å². The minimum absolute atomic E-state index is 0.148. The summed E-state index contributed by atoms with van der Waals surface area (Å²) in [6, 6.07) is 10.9. The van der Waals surface area contributed by atoms with Crippen LogP contribution in [0.5, 0.6) is 0 Å². The molecule has 2 aliphatic rings. The third-order valence-electron chi connectivity index (χ3n) is 6.74. The molecular formula is C25H28N4O. The average molecular weight is 401 g/mol. The molecule has 5 heteroatoms. The number of aromatic nitrogens is 3. The smallest absolute Gasteiger partial charge is 0.255 e. The van der Waals surface area contributed by atoms with Gasteiger partial charge in [0, 0.05) is 42.7 Å². The summed E-state index contributed by atoms with van der Waals surface area (Å²) in [7, 11) is 1.97. The molecule has 3 aromatic rings. The Morgan fingerprint density at radius 2 is 1.87 bits per heavy atom. The molecule has 0 bridgehead atoms. The van der Waals surface area contributed by atoms with Gasteiger partial charge in [0.2, 0.25) is 0 Å². The number of hydrogen-bond acceptors (Lipinski definition) is 2. The molecule has 1 aliphatic heterocycles. The second kappa shape index (κ2) is 6.73. The minimum Gasteiger partial charge on any atom is -0.331 e. The van der Waals surface area contributed by atoms with E-state index < -0.39 is 0 Å². The summed E-state index contributed by atoms with van der Waals surface area (Å²) in [5.41, 5.74) is 7.25. The third-order valence-corrected chi connectivity index (χ3v) is 6.74. The maximum atomic E-state index is 13.2. The quantitative estimate of drug-likeness (QED) is 0.612. The first-order valence-electron chi connectivity index (χ1n) is 10.7. The molecule has 30 heavy (non-hydrogen) atoms. The van der Waals surface area contributed by atoms with Gasteiger partial charge in [0.15, 0.2) is 5.82 Å². The van der Waals surface area contributed by atoms with Crippen LogP contribution in [0, 0.1) is 19.8 Å². The monoisotopic (exact) mass is 400 g/mol. The van der Waals surface area contributed by atoms with Crippen LogP contribution < -0.4 is 0 Å². The number of carbonyl (C=O) groups excluding carboxylic acids is 1. The van der Waals surface area contributed by atoms with Crippen molar-refractivity contribution in [2.24, 2.45) is 13.0 Å². The molecule has 3 heterocycles. The van der Waals surface area contributed by atoms with Gasteiger partial charge in [-0.15, -0.1) is 0 Å². The molecule has 0 unspecified atom stereocenters. The van der Waals surface area contributed by atoms with Gasteiger partial charge in [-0.1, -0.05) is 12.7 Å². The summed E-state index contributed by atoms with van der Waals surface area (Å²) >= 11 is 0. The van der Waals surface area contributed by atoms with Gasteiger partial charge in [-0.05, 0) is 74.9 Å². The van der Waals surface area contributed by atoms with Gasteiger partial charge in [0.25, 0.3) is 5.91 Å². The van der Waals surface area contributed by atoms with Crippen molar-refractivity contribution in [2.75, 3.05) is 0 Å². The van der Waals surface area contributed by atoms with Crippen molar-refractivity contribution in [1.82, 2.24) is 19.2 Å². The number of nitrogens with zero attached hydrogens (tertiary/aromatic N) is 4. The van der Waals surface area contributed by atoms with Gasteiger partial charge in [-0.25, -0.2) is 0 Å². The summed E-state index contributed by atoms with van der Waals surface area (Å²) in [4.78, 5) is 15.2. The SMILES string of the molecule is C=Cc1cc(-c2cc(-n3c(C)ccc3C)nn2C)cc2c1C(=O)N([C@@H](C)C1CC1)C2. The molecule has 1 fully saturated rings. The van der Waals surface area contributed by atoms with E-state index in [2.05, 4.69) is 62.2 Å². The Bertz CT molecular complexity index is 1160. The minimum atomic E-state index is 0.148. The van der Waals surface area contributed by atoms with E-state index in [0.717, 1.165) is 45.2 Å². The molecule has 1 aliphatic carbocycles. The number of fused-ring (bicyclic) bond motifs is 1. The second-order valence-corrected chi connectivity index (χ2v) is 8.78. The molecule has 5 nitrogen and oxygen atoms in total. The summed E-state index contributed by atoms with van der Waals surface area (Å²) in [6.45, 7) is 11.0. The van der Waals surface area contributed by atoms with E-state index in [9.17, 15) is 4.79 Å². The van der Waals surface area contributed by atoms with Gasteiger partial charge in [0.1, 0.15) is 0 Å². The predicted molar refractivity (Wildman–Crippen MR) is 120 cm³/mol. The molecule has 0 spiro atoms. The largest absolute Gasteiger partial charge is 0.331 e. The maximum Gasteiger partial charge on any atom is 0.255 e. The second-order valence-electron chi connectivity index (χ2n) is 8.78. The number of benzene rings is 1. The number of amides is 1. The first-order chi connectivity index (χ1) is 14.4. The maximum absolute atomic E-state index is 13.2. The van der Waals surface area contributed by atoms with Gasteiger partial charge < -0.3 is 9.47 Å². The normalized spacial score (nSPS) is 16.8. The lowest BCUT2D eigenvalue weighted by Crippen LogP contribution is -2.34. The van der Waals surface area contributed by atoms with Crippen LogP contribution in [0.3, 0.4) is 0 Å². The van der Waals surface area contributed by atoms with E-state index in [-0.39, 0.29) is 5.91 Å². The van der Waals surface area contributed by atoms with Crippen molar-refractivity contribution in [3.8, 4) is 17.1 Å². The van der Waals surface area contributed by atoms with Crippen LogP contribution in [0.15, 0.2) is 36.9 Å². The van der Waals surface area contributed by atoms with Gasteiger partial charge in [0.05, 0.1) is 11.3 Å². The third kappa shape index (κ3) is 2.83. The van der Waals surface area contributed by atoms with Gasteiger partial charge in [-0.2, -0.15) is 5.10 Å². The molecule has 1 saturated carbocycles. The highest BCUT2D eigenvalue weighted by Crippen LogP contribution is 2.40. The van der Waals surface area contributed by atoms with E-state index in [1.54, 1.807) is 0 Å². The molecule has 1 amide bonds. The molecular weight excluding hydrogens is 372 g/mol. The molecule has 5 rings (SSSR count). The lowest BCUT2D eigenvalue weighted by atomic mass is 9.97. The fraction of sp³-hybridized carbons (Fsp3) is 0.360. The predicted octanol–water partition coefficient (Wildman–Crippen LogP) is 4.89. The van der Waals surface area contributed by atoms with Crippen LogP contribution in [-0.4, -0.2) is 31.2 Å². The molecule has 2 aromatic heterocycles. The first kappa shape index (κ1) is 18.9. The number of carbonyl (C=O) groups is 1. The van der Waals surface area contributed by atoms with E-state index in [1.807, 2.05) is 22.7 Å². The fourth-order valence-corrected chi connectivity index (χ4v) is 4.84. The highest BCUT2D eigenvalue weighted by Gasteiger charge is 2.39. The Hall–Kier alpha value is -3.08. The Kier molecular flexibility index (Phi) is 4.24. The topological polar surface area (TPSA) is 43.1 Å². The van der Waals surface area contributed by atoms with E-state index in [1.165, 1.54) is 12.8 Å². The molecule has 0 radical (unpaired) electrons. The Balaban J connectivity index is 1.57. The summed E-state index contributed by atoms with van der Waals surface area (Å²) in [6.07, 6.45) is 4.27. The highest BCUT2D eigenvalue weighted by molar-refractivity contribution is 6.02. The molecule has 1 atom stereocenters. The molecule has 0 N–H and O–H groups in total. The molecule has 0 saturated heterocycles. The first-order valence-corrected chi connectivity index (χ1v) is 10.7. The molecule has 154 valence electrons. The van der Waals surface area contributed by atoms with Gasteiger partial charge >= 0.3 is 0 Å². The Morgan fingerprint density at radius 1 is 1.17 bits per heavy atom. The standard InChI is InChI=1S/C25H28N4O/c1-6-18-11-20(12-21-14-28(25(30)24(18)21)17(4)19-9-10-19)22-13-23(26-27(22)5)29-15(2)7-8-16(29)3/h6-8,11-13,17,19H,1,9-10,14H2,2-5H3/t17-/m0/s1. The zero-order valence-corrected chi connectivity index (χ0v) is 18.1. The van der Waals surface area contributed by atoms with Crippen molar-refractivity contribution in [2.45, 2.75) is 46.2 Å².